The van der Waals surface area contributed by atoms with Gasteiger partial charge in [0, 0.05) is 21.3 Å². The maximum Gasteiger partial charge on any atom is 0.0544 e. The second kappa shape index (κ2) is 7.75. The maximum atomic E-state index is 12.7. The highest BCUT2D eigenvalue weighted by Gasteiger charge is 2.16. The fourth-order valence-electron chi connectivity index (χ4n) is 3.41. The van der Waals surface area contributed by atoms with Crippen molar-refractivity contribution in [2.24, 2.45) is 0 Å². The van der Waals surface area contributed by atoms with Crippen molar-refractivity contribution in [3.63, 3.8) is 0 Å². The minimum atomic E-state index is -1.12. The fourth-order valence-corrected chi connectivity index (χ4v) is 6.70. The molecule has 0 bridgehead atoms. The number of hydrogen-bond acceptors (Lipinski definition) is 2. The Morgan fingerprint density at radius 1 is 0.583 bits per heavy atom. The van der Waals surface area contributed by atoms with Crippen LogP contribution in [0.3, 0.4) is 0 Å². The molecule has 0 aliphatic carbocycles. The van der Waals surface area contributed by atoms with Gasteiger partial charge in [0.25, 0.3) is 0 Å². The van der Waals surface area contributed by atoms with E-state index in [1.54, 1.807) is 0 Å². The molecule has 2 unspecified atom stereocenters. The molecular weight excluding hydrogens is 336 g/mol. The molecule has 0 radical (unpaired) electrons. The highest BCUT2D eigenvalue weighted by atomic mass is 32.2. The minimum Gasteiger partial charge on any atom is -0.254 e. The molecule has 0 amide bonds. The second-order valence-corrected chi connectivity index (χ2v) is 9.57. The van der Waals surface area contributed by atoms with Crippen LogP contribution in [0, 0.1) is 41.5 Å². The molecule has 0 aliphatic heterocycles. The van der Waals surface area contributed by atoms with Crippen molar-refractivity contribution in [2.45, 2.75) is 51.3 Å². The Kier molecular flexibility index (Phi) is 6.16. The smallest absolute Gasteiger partial charge is 0.0544 e. The van der Waals surface area contributed by atoms with Gasteiger partial charge in [-0.15, -0.1) is 0 Å². The molecule has 0 heterocycles. The largest absolute Gasteiger partial charge is 0.254 e. The van der Waals surface area contributed by atoms with E-state index >= 15 is 0 Å². The summed E-state index contributed by atoms with van der Waals surface area (Å²) in [5, 5.41) is 0. The molecule has 2 rings (SSSR count). The summed E-state index contributed by atoms with van der Waals surface area (Å²) in [7, 11) is -2.24. The lowest BCUT2D eigenvalue weighted by Crippen LogP contribution is -2.12. The predicted octanol–water partition coefficient (Wildman–Crippen LogP) is 4.45. The lowest BCUT2D eigenvalue weighted by atomic mass is 10.1. The van der Waals surface area contributed by atoms with Crippen molar-refractivity contribution in [1.82, 2.24) is 0 Å². The third-order valence-electron chi connectivity index (χ3n) is 4.12. The van der Waals surface area contributed by atoms with Crippen molar-refractivity contribution < 1.29 is 8.42 Å². The average molecular weight is 363 g/mol. The Labute approximate surface area is 150 Å². The number of benzene rings is 2. The van der Waals surface area contributed by atoms with Crippen molar-refractivity contribution in [2.75, 3.05) is 11.5 Å². The third-order valence-corrected chi connectivity index (χ3v) is 7.73. The molecule has 0 saturated heterocycles. The summed E-state index contributed by atoms with van der Waals surface area (Å²) < 4.78 is 25.5. The van der Waals surface area contributed by atoms with Gasteiger partial charge in [0.05, 0.1) is 21.6 Å². The molecule has 2 aromatic rings. The Bertz CT molecular complexity index is 707. The van der Waals surface area contributed by atoms with Crippen molar-refractivity contribution in [3.8, 4) is 0 Å². The van der Waals surface area contributed by atoms with Gasteiger partial charge in [0.1, 0.15) is 0 Å². The van der Waals surface area contributed by atoms with E-state index in [4.69, 9.17) is 0 Å². The van der Waals surface area contributed by atoms with E-state index in [9.17, 15) is 8.42 Å². The highest BCUT2D eigenvalue weighted by molar-refractivity contribution is 7.89. The van der Waals surface area contributed by atoms with Crippen LogP contribution >= 0.6 is 0 Å². The maximum absolute atomic E-state index is 12.7. The minimum absolute atomic E-state index is 0.421. The van der Waals surface area contributed by atoms with E-state index in [1.807, 2.05) is 41.5 Å². The van der Waals surface area contributed by atoms with Crippen LogP contribution in [0.4, 0.5) is 0 Å². The topological polar surface area (TPSA) is 34.1 Å². The van der Waals surface area contributed by atoms with Gasteiger partial charge >= 0.3 is 0 Å². The predicted molar refractivity (Wildman–Crippen MR) is 104 cm³/mol. The summed E-state index contributed by atoms with van der Waals surface area (Å²) in [6, 6.07) is 8.24. The third kappa shape index (κ3) is 4.22. The van der Waals surface area contributed by atoms with Gasteiger partial charge < -0.3 is 0 Å². The standard InChI is InChI=1S/C20H26O2S2/c1-13-9-15(3)19(16(4)10-13)23(21)7-8-24(22)20-17(5)11-14(2)12-18(20)6/h9-12H,7-8H2,1-6H3. The van der Waals surface area contributed by atoms with Crippen molar-refractivity contribution in [3.05, 3.63) is 57.6 Å². The highest BCUT2D eigenvalue weighted by Crippen LogP contribution is 2.23. The molecule has 24 heavy (non-hydrogen) atoms. The molecular formula is C20H26O2S2. The normalized spacial score (nSPS) is 13.8. The van der Waals surface area contributed by atoms with E-state index in [1.165, 1.54) is 11.1 Å². The zero-order valence-corrected chi connectivity index (χ0v) is 17.0. The van der Waals surface area contributed by atoms with Crippen molar-refractivity contribution >= 4 is 21.6 Å². The van der Waals surface area contributed by atoms with Crippen molar-refractivity contribution in [1.29, 1.82) is 0 Å². The molecule has 0 aliphatic rings. The molecule has 0 fully saturated rings. The monoisotopic (exact) mass is 362 g/mol. The molecule has 4 heteroatoms. The van der Waals surface area contributed by atoms with Gasteiger partial charge in [0.2, 0.25) is 0 Å². The lowest BCUT2D eigenvalue weighted by molar-refractivity contribution is 0.677. The number of hydrogen-bond donors (Lipinski definition) is 0. The van der Waals surface area contributed by atoms with E-state index in [-0.39, 0.29) is 0 Å². The van der Waals surface area contributed by atoms with E-state index < -0.39 is 21.6 Å². The van der Waals surface area contributed by atoms with Crippen LogP contribution in [0.25, 0.3) is 0 Å². The van der Waals surface area contributed by atoms with Crippen LogP contribution in [0.1, 0.15) is 33.4 Å². The Hall–Kier alpha value is -1.26. The van der Waals surface area contributed by atoms with Crippen LogP contribution in [-0.2, 0) is 21.6 Å². The van der Waals surface area contributed by atoms with E-state index in [0.717, 1.165) is 32.0 Å². The van der Waals surface area contributed by atoms with Gasteiger partial charge in [-0.1, -0.05) is 35.4 Å². The van der Waals surface area contributed by atoms with Gasteiger partial charge in [-0.2, -0.15) is 0 Å². The first-order chi connectivity index (χ1) is 11.2. The Morgan fingerprint density at radius 2 is 0.833 bits per heavy atom. The van der Waals surface area contributed by atoms with E-state index in [0.29, 0.717) is 11.5 Å². The molecule has 0 N–H and O–H groups in total. The Balaban J connectivity index is 2.17. The summed E-state index contributed by atoms with van der Waals surface area (Å²) in [4.78, 5) is 1.80. The molecule has 2 aromatic carbocycles. The number of aryl methyl sites for hydroxylation is 6. The summed E-state index contributed by atoms with van der Waals surface area (Å²) >= 11 is 0. The molecule has 130 valence electrons. The first-order valence-corrected chi connectivity index (χ1v) is 10.8. The first kappa shape index (κ1) is 19.1. The SMILES string of the molecule is Cc1cc(C)c(S(=O)CCS(=O)c2c(C)cc(C)cc2C)c(C)c1. The lowest BCUT2D eigenvalue weighted by Gasteiger charge is -2.13. The fraction of sp³-hybridized carbons (Fsp3) is 0.400. The summed E-state index contributed by atoms with van der Waals surface area (Å²) in [6.45, 7) is 12.1. The first-order valence-electron chi connectivity index (χ1n) is 8.13. The molecule has 2 atom stereocenters. The number of rotatable bonds is 5. The zero-order chi connectivity index (χ0) is 18.0. The second-order valence-electron chi connectivity index (χ2n) is 6.55. The summed E-state index contributed by atoms with van der Waals surface area (Å²) in [5.74, 6) is 0.841. The molecule has 2 nitrogen and oxygen atoms in total. The van der Waals surface area contributed by atoms with E-state index in [2.05, 4.69) is 24.3 Å². The quantitative estimate of drug-likeness (QED) is 0.787. The van der Waals surface area contributed by atoms with Gasteiger partial charge in [-0.25, -0.2) is 0 Å². The average Bonchev–Trinajstić information content (AvgIpc) is 2.42. The molecule has 0 spiro atoms. The van der Waals surface area contributed by atoms with Crippen LogP contribution in [0.5, 0.6) is 0 Å². The van der Waals surface area contributed by atoms with Gasteiger partial charge in [0.15, 0.2) is 0 Å². The molecule has 0 saturated carbocycles. The summed E-state index contributed by atoms with van der Waals surface area (Å²) in [6.07, 6.45) is 0. The Morgan fingerprint density at radius 3 is 1.08 bits per heavy atom. The van der Waals surface area contributed by atoms with Crippen LogP contribution in [0.15, 0.2) is 34.1 Å². The van der Waals surface area contributed by atoms with Crippen LogP contribution in [0.2, 0.25) is 0 Å². The van der Waals surface area contributed by atoms with Gasteiger partial charge in [-0.3, -0.25) is 8.42 Å². The van der Waals surface area contributed by atoms with Crippen LogP contribution in [-0.4, -0.2) is 19.9 Å². The zero-order valence-electron chi connectivity index (χ0n) is 15.4. The van der Waals surface area contributed by atoms with Gasteiger partial charge in [-0.05, 0) is 63.8 Å². The summed E-state index contributed by atoms with van der Waals surface area (Å²) in [5.41, 5.74) is 6.58. The molecule has 0 aromatic heterocycles. The van der Waals surface area contributed by atoms with Crippen LogP contribution < -0.4 is 0 Å².